The highest BCUT2D eigenvalue weighted by molar-refractivity contribution is 5.85. The van der Waals surface area contributed by atoms with Crippen molar-refractivity contribution < 1.29 is 22.7 Å². The third-order valence-electron chi connectivity index (χ3n) is 4.80. The van der Waals surface area contributed by atoms with Gasteiger partial charge in [-0.15, -0.1) is 25.6 Å². The molecule has 1 aliphatic rings. The highest BCUT2D eigenvalue weighted by Gasteiger charge is 2.47. The fraction of sp³-hybridized carbons (Fsp3) is 0.588. The Balaban J connectivity index is 0.00000312. The van der Waals surface area contributed by atoms with Crippen LogP contribution in [0, 0.1) is 5.92 Å². The Morgan fingerprint density at radius 3 is 2.40 bits per heavy atom. The van der Waals surface area contributed by atoms with E-state index in [0.29, 0.717) is 31.4 Å². The highest BCUT2D eigenvalue weighted by Crippen LogP contribution is 2.51. The summed E-state index contributed by atoms with van der Waals surface area (Å²) in [5.74, 6) is -0.989. The van der Waals surface area contributed by atoms with Crippen LogP contribution in [0.1, 0.15) is 44.6 Å². The number of amides is 1. The molecule has 0 bridgehead atoms. The maximum atomic E-state index is 12.5. The van der Waals surface area contributed by atoms with Crippen molar-refractivity contribution in [1.29, 1.82) is 0 Å². The topological polar surface area (TPSA) is 64.3 Å². The van der Waals surface area contributed by atoms with E-state index in [1.54, 1.807) is 12.1 Å². The van der Waals surface area contributed by atoms with Crippen LogP contribution in [-0.2, 0) is 4.79 Å². The van der Waals surface area contributed by atoms with Crippen LogP contribution < -0.4 is 15.8 Å². The molecule has 2 rings (SSSR count). The quantitative estimate of drug-likeness (QED) is 0.757. The molecule has 2 unspecified atom stereocenters. The van der Waals surface area contributed by atoms with Crippen LogP contribution in [0.25, 0.3) is 0 Å². The van der Waals surface area contributed by atoms with Gasteiger partial charge in [0.15, 0.2) is 0 Å². The molecule has 8 heteroatoms. The Morgan fingerprint density at radius 2 is 1.88 bits per heavy atom. The monoisotopic (exact) mass is 380 g/mol. The SMILES string of the molecule is CCC(CC)(CN)NC(=O)C1CC1c1ccccc1OC(F)(F)F.Cl. The molecule has 1 fully saturated rings. The van der Waals surface area contributed by atoms with Crippen LogP contribution in [0.2, 0.25) is 0 Å². The van der Waals surface area contributed by atoms with Crippen LogP contribution in [0.15, 0.2) is 24.3 Å². The second kappa shape index (κ2) is 8.27. The molecule has 1 aliphatic carbocycles. The number of ether oxygens (including phenoxy) is 1. The van der Waals surface area contributed by atoms with E-state index in [2.05, 4.69) is 10.1 Å². The van der Waals surface area contributed by atoms with Gasteiger partial charge in [0.25, 0.3) is 0 Å². The summed E-state index contributed by atoms with van der Waals surface area (Å²) in [4.78, 5) is 12.4. The number of carbonyl (C=O) groups excluding carboxylic acids is 1. The Bertz CT molecular complexity index is 583. The average Bonchev–Trinajstić information content (AvgIpc) is 3.32. The molecule has 0 spiro atoms. The van der Waals surface area contributed by atoms with Crippen molar-refractivity contribution in [2.45, 2.75) is 50.9 Å². The van der Waals surface area contributed by atoms with Gasteiger partial charge in [-0.3, -0.25) is 4.79 Å². The molecule has 0 saturated heterocycles. The predicted octanol–water partition coefficient (Wildman–Crippen LogP) is 3.74. The number of carbonyl (C=O) groups is 1. The van der Waals surface area contributed by atoms with E-state index < -0.39 is 11.9 Å². The molecule has 0 radical (unpaired) electrons. The molecule has 4 nitrogen and oxygen atoms in total. The third-order valence-corrected chi connectivity index (χ3v) is 4.80. The summed E-state index contributed by atoms with van der Waals surface area (Å²) in [5, 5.41) is 2.98. The van der Waals surface area contributed by atoms with Gasteiger partial charge in [-0.1, -0.05) is 32.0 Å². The minimum Gasteiger partial charge on any atom is -0.405 e. The maximum absolute atomic E-state index is 12.5. The Morgan fingerprint density at radius 1 is 1.28 bits per heavy atom. The molecule has 0 aliphatic heterocycles. The maximum Gasteiger partial charge on any atom is 0.573 e. The largest absolute Gasteiger partial charge is 0.573 e. The standard InChI is InChI=1S/C17H23F3N2O2.ClH/c1-3-16(4-2,10-21)22-15(23)13-9-12(13)11-7-5-6-8-14(11)24-17(18,19)20;/h5-8,12-13H,3-4,9-10,21H2,1-2H3,(H,22,23);1H. The van der Waals surface area contributed by atoms with Crippen molar-refractivity contribution in [3.8, 4) is 5.75 Å². The molecule has 0 aromatic heterocycles. The number of rotatable bonds is 7. The number of halogens is 4. The zero-order valence-corrected chi connectivity index (χ0v) is 15.0. The van der Waals surface area contributed by atoms with Gasteiger partial charge in [0.05, 0.1) is 5.54 Å². The van der Waals surface area contributed by atoms with Gasteiger partial charge >= 0.3 is 6.36 Å². The zero-order valence-electron chi connectivity index (χ0n) is 14.2. The van der Waals surface area contributed by atoms with Crippen molar-refractivity contribution >= 4 is 18.3 Å². The second-order valence-electron chi connectivity index (χ2n) is 6.22. The molecule has 1 saturated carbocycles. The number of alkyl halides is 3. The van der Waals surface area contributed by atoms with Gasteiger partial charge in [-0.05, 0) is 36.8 Å². The van der Waals surface area contributed by atoms with Gasteiger partial charge in [0.1, 0.15) is 5.75 Å². The van der Waals surface area contributed by atoms with Gasteiger partial charge in [0.2, 0.25) is 5.91 Å². The van der Waals surface area contributed by atoms with E-state index in [0.717, 1.165) is 0 Å². The highest BCUT2D eigenvalue weighted by atomic mass is 35.5. The van der Waals surface area contributed by atoms with Crippen LogP contribution in [0.5, 0.6) is 5.75 Å². The van der Waals surface area contributed by atoms with E-state index in [1.807, 2.05) is 13.8 Å². The molecule has 142 valence electrons. The molecule has 1 aromatic carbocycles. The van der Waals surface area contributed by atoms with Crippen molar-refractivity contribution in [2.24, 2.45) is 11.7 Å². The van der Waals surface area contributed by atoms with Gasteiger partial charge in [-0.2, -0.15) is 0 Å². The number of nitrogens with one attached hydrogen (secondary N) is 1. The molecule has 3 N–H and O–H groups in total. The Kier molecular flexibility index (Phi) is 7.14. The normalized spacial score (nSPS) is 19.8. The molecule has 25 heavy (non-hydrogen) atoms. The lowest BCUT2D eigenvalue weighted by Gasteiger charge is -2.31. The number of hydrogen-bond donors (Lipinski definition) is 2. The Labute approximate surface area is 151 Å². The number of nitrogens with two attached hydrogens (primary N) is 1. The van der Waals surface area contributed by atoms with E-state index in [-0.39, 0.29) is 35.9 Å². The molecular weight excluding hydrogens is 357 g/mol. The Hall–Kier alpha value is -1.47. The number of benzene rings is 1. The summed E-state index contributed by atoms with van der Waals surface area (Å²) in [6.45, 7) is 4.23. The summed E-state index contributed by atoms with van der Waals surface area (Å²) in [7, 11) is 0. The summed E-state index contributed by atoms with van der Waals surface area (Å²) in [5.41, 5.74) is 5.74. The van der Waals surface area contributed by atoms with E-state index in [9.17, 15) is 18.0 Å². The number of para-hydroxylation sites is 1. The summed E-state index contributed by atoms with van der Waals surface area (Å²) in [6, 6.07) is 5.98. The minimum absolute atomic E-state index is 0. The van der Waals surface area contributed by atoms with E-state index in [4.69, 9.17) is 5.73 Å². The van der Waals surface area contributed by atoms with Crippen LogP contribution in [0.4, 0.5) is 13.2 Å². The summed E-state index contributed by atoms with van der Waals surface area (Å²) >= 11 is 0. The lowest BCUT2D eigenvalue weighted by molar-refractivity contribution is -0.274. The smallest absolute Gasteiger partial charge is 0.405 e. The molecule has 1 amide bonds. The summed E-state index contributed by atoms with van der Waals surface area (Å²) < 4.78 is 41.6. The lowest BCUT2D eigenvalue weighted by atomic mass is 9.92. The first-order valence-corrected chi connectivity index (χ1v) is 8.12. The molecular formula is C17H24ClF3N2O2. The summed E-state index contributed by atoms with van der Waals surface area (Å²) in [6.07, 6.45) is -2.83. The minimum atomic E-state index is -4.75. The fourth-order valence-corrected chi connectivity index (χ4v) is 2.95. The van der Waals surface area contributed by atoms with Crippen LogP contribution in [0.3, 0.4) is 0 Å². The number of hydrogen-bond acceptors (Lipinski definition) is 3. The molecule has 0 heterocycles. The van der Waals surface area contributed by atoms with Crippen molar-refractivity contribution in [3.63, 3.8) is 0 Å². The van der Waals surface area contributed by atoms with Crippen LogP contribution in [-0.4, -0.2) is 24.4 Å². The molecule has 2 atom stereocenters. The van der Waals surface area contributed by atoms with Crippen LogP contribution >= 0.6 is 12.4 Å². The van der Waals surface area contributed by atoms with E-state index in [1.165, 1.54) is 12.1 Å². The fourth-order valence-electron chi connectivity index (χ4n) is 2.95. The van der Waals surface area contributed by atoms with Crippen molar-refractivity contribution in [2.75, 3.05) is 6.54 Å². The van der Waals surface area contributed by atoms with E-state index >= 15 is 0 Å². The molecule has 1 aromatic rings. The first kappa shape index (κ1) is 21.6. The van der Waals surface area contributed by atoms with Crippen molar-refractivity contribution in [3.05, 3.63) is 29.8 Å². The van der Waals surface area contributed by atoms with Gasteiger partial charge < -0.3 is 15.8 Å². The van der Waals surface area contributed by atoms with Crippen molar-refractivity contribution in [1.82, 2.24) is 5.32 Å². The van der Waals surface area contributed by atoms with Gasteiger partial charge in [0, 0.05) is 12.5 Å². The average molecular weight is 381 g/mol. The second-order valence-corrected chi connectivity index (χ2v) is 6.22. The zero-order chi connectivity index (χ0) is 18.0. The third kappa shape index (κ3) is 5.25. The predicted molar refractivity (Wildman–Crippen MR) is 91.7 cm³/mol. The lowest BCUT2D eigenvalue weighted by Crippen LogP contribution is -2.53. The first-order valence-electron chi connectivity index (χ1n) is 8.12. The first-order chi connectivity index (χ1) is 11.2. The van der Waals surface area contributed by atoms with Gasteiger partial charge in [-0.25, -0.2) is 0 Å².